The smallest absolute Gasteiger partial charge is 0.407 e. The van der Waals surface area contributed by atoms with Crippen LogP contribution in [-0.4, -0.2) is 24.8 Å². The van der Waals surface area contributed by atoms with Crippen LogP contribution in [0.1, 0.15) is 39.2 Å². The van der Waals surface area contributed by atoms with Gasteiger partial charge in [0.2, 0.25) is 0 Å². The number of alkyl carbamates (subject to hydrolysis) is 1. The van der Waals surface area contributed by atoms with Crippen LogP contribution >= 0.6 is 15.9 Å². The normalized spacial score (nSPS) is 11.1. The quantitative estimate of drug-likeness (QED) is 0.765. The standard InChI is InChI=1S/C16H24BrNO3/c1-12-13(17)8-7-9-14(12)20-11-6-5-10-18-15(19)21-16(2,3)4/h7-9H,5-6,10-11H2,1-4H3,(H,18,19). The molecule has 0 atom stereocenters. The van der Waals surface area contributed by atoms with E-state index in [1.807, 2.05) is 45.9 Å². The van der Waals surface area contributed by atoms with Gasteiger partial charge in [-0.3, -0.25) is 0 Å². The first-order valence-corrected chi connectivity index (χ1v) is 7.93. The van der Waals surface area contributed by atoms with Gasteiger partial charge in [0.05, 0.1) is 6.61 Å². The summed E-state index contributed by atoms with van der Waals surface area (Å²) in [6.07, 6.45) is 1.36. The Morgan fingerprint density at radius 3 is 2.67 bits per heavy atom. The molecule has 0 fully saturated rings. The van der Waals surface area contributed by atoms with Gasteiger partial charge in [-0.25, -0.2) is 4.79 Å². The van der Waals surface area contributed by atoms with Crippen LogP contribution in [0.2, 0.25) is 0 Å². The predicted molar refractivity (Wildman–Crippen MR) is 87.8 cm³/mol. The summed E-state index contributed by atoms with van der Waals surface area (Å²) in [5.74, 6) is 0.893. The van der Waals surface area contributed by atoms with Gasteiger partial charge in [0, 0.05) is 16.6 Å². The van der Waals surface area contributed by atoms with E-state index in [1.165, 1.54) is 0 Å². The molecule has 1 aromatic carbocycles. The van der Waals surface area contributed by atoms with Gasteiger partial charge in [-0.2, -0.15) is 0 Å². The van der Waals surface area contributed by atoms with Crippen molar-refractivity contribution in [2.45, 2.75) is 46.1 Å². The van der Waals surface area contributed by atoms with Gasteiger partial charge >= 0.3 is 6.09 Å². The average Bonchev–Trinajstić information content (AvgIpc) is 2.36. The maximum atomic E-state index is 11.4. The zero-order valence-electron chi connectivity index (χ0n) is 13.2. The molecule has 21 heavy (non-hydrogen) atoms. The Hall–Kier alpha value is -1.23. The third-order valence-corrected chi connectivity index (χ3v) is 3.57. The number of amides is 1. The van der Waals surface area contributed by atoms with Gasteiger partial charge in [-0.15, -0.1) is 0 Å². The van der Waals surface area contributed by atoms with Gasteiger partial charge < -0.3 is 14.8 Å². The number of hydrogen-bond acceptors (Lipinski definition) is 3. The molecular weight excluding hydrogens is 334 g/mol. The lowest BCUT2D eigenvalue weighted by Crippen LogP contribution is -2.33. The van der Waals surface area contributed by atoms with E-state index in [0.29, 0.717) is 13.2 Å². The van der Waals surface area contributed by atoms with Crippen molar-refractivity contribution < 1.29 is 14.3 Å². The van der Waals surface area contributed by atoms with E-state index in [4.69, 9.17) is 9.47 Å². The summed E-state index contributed by atoms with van der Waals surface area (Å²) in [6.45, 7) is 8.79. The van der Waals surface area contributed by atoms with Crippen molar-refractivity contribution >= 4 is 22.0 Å². The molecule has 118 valence electrons. The third-order valence-electron chi connectivity index (χ3n) is 2.71. The first-order chi connectivity index (χ1) is 9.79. The summed E-state index contributed by atoms with van der Waals surface area (Å²) in [5.41, 5.74) is 0.648. The summed E-state index contributed by atoms with van der Waals surface area (Å²) in [4.78, 5) is 11.4. The Kier molecular flexibility index (Phi) is 7.02. The number of ether oxygens (including phenoxy) is 2. The number of halogens is 1. The minimum Gasteiger partial charge on any atom is -0.493 e. The van der Waals surface area contributed by atoms with E-state index in [2.05, 4.69) is 21.2 Å². The molecule has 0 aromatic heterocycles. The van der Waals surface area contributed by atoms with Gasteiger partial charge in [-0.1, -0.05) is 22.0 Å². The van der Waals surface area contributed by atoms with Crippen molar-refractivity contribution in [3.8, 4) is 5.75 Å². The summed E-state index contributed by atoms with van der Waals surface area (Å²) in [7, 11) is 0. The van der Waals surface area contributed by atoms with E-state index in [1.54, 1.807) is 0 Å². The van der Waals surface area contributed by atoms with Gasteiger partial charge in [-0.05, 0) is 52.7 Å². The average molecular weight is 358 g/mol. The highest BCUT2D eigenvalue weighted by Gasteiger charge is 2.15. The predicted octanol–water partition coefficient (Wildman–Crippen LogP) is 4.44. The first kappa shape index (κ1) is 17.8. The molecule has 0 spiro atoms. The van der Waals surface area contributed by atoms with Crippen LogP contribution in [0.5, 0.6) is 5.75 Å². The summed E-state index contributed by atoms with van der Waals surface area (Å²) in [6, 6.07) is 5.91. The lowest BCUT2D eigenvalue weighted by atomic mass is 10.2. The molecule has 0 aliphatic heterocycles. The fraction of sp³-hybridized carbons (Fsp3) is 0.562. The molecular formula is C16H24BrNO3. The Bertz CT molecular complexity index is 469. The topological polar surface area (TPSA) is 47.6 Å². The number of unbranched alkanes of at least 4 members (excludes halogenated alkanes) is 1. The van der Waals surface area contributed by atoms with Crippen molar-refractivity contribution in [3.63, 3.8) is 0 Å². The molecule has 1 amide bonds. The van der Waals surface area contributed by atoms with Crippen LogP contribution in [0, 0.1) is 6.92 Å². The molecule has 0 bridgehead atoms. The molecule has 5 heteroatoms. The highest BCUT2D eigenvalue weighted by Crippen LogP contribution is 2.25. The molecule has 0 aliphatic carbocycles. The molecule has 0 saturated carbocycles. The Morgan fingerprint density at radius 2 is 2.00 bits per heavy atom. The van der Waals surface area contributed by atoms with Crippen molar-refractivity contribution in [2.24, 2.45) is 0 Å². The lowest BCUT2D eigenvalue weighted by Gasteiger charge is -2.19. The van der Waals surface area contributed by atoms with Crippen molar-refractivity contribution in [1.29, 1.82) is 0 Å². The fourth-order valence-electron chi connectivity index (χ4n) is 1.66. The fourth-order valence-corrected chi connectivity index (χ4v) is 2.01. The maximum Gasteiger partial charge on any atom is 0.407 e. The van der Waals surface area contributed by atoms with Crippen LogP contribution < -0.4 is 10.1 Å². The largest absolute Gasteiger partial charge is 0.493 e. The second kappa shape index (κ2) is 8.27. The van der Waals surface area contributed by atoms with Gasteiger partial charge in [0.25, 0.3) is 0 Å². The summed E-state index contributed by atoms with van der Waals surface area (Å²) >= 11 is 3.48. The Morgan fingerprint density at radius 1 is 1.29 bits per heavy atom. The number of benzene rings is 1. The van der Waals surface area contributed by atoms with Crippen LogP contribution in [-0.2, 0) is 4.74 Å². The summed E-state index contributed by atoms with van der Waals surface area (Å²) < 4.78 is 11.9. The Balaban J connectivity index is 2.15. The first-order valence-electron chi connectivity index (χ1n) is 7.14. The number of carbonyl (C=O) groups is 1. The SMILES string of the molecule is Cc1c(Br)cccc1OCCCCNC(=O)OC(C)(C)C. The number of nitrogens with one attached hydrogen (secondary N) is 1. The minimum absolute atomic E-state index is 0.369. The van der Waals surface area contributed by atoms with Crippen LogP contribution in [0.3, 0.4) is 0 Å². The Labute approximate surface area is 135 Å². The molecule has 0 radical (unpaired) electrons. The molecule has 0 heterocycles. The number of hydrogen-bond donors (Lipinski definition) is 1. The zero-order chi connectivity index (χ0) is 15.9. The second-order valence-electron chi connectivity index (χ2n) is 5.85. The molecule has 1 rings (SSSR count). The highest BCUT2D eigenvalue weighted by atomic mass is 79.9. The second-order valence-corrected chi connectivity index (χ2v) is 6.70. The van der Waals surface area contributed by atoms with Crippen molar-refractivity contribution in [1.82, 2.24) is 5.32 Å². The number of carbonyl (C=O) groups excluding carboxylic acids is 1. The van der Waals surface area contributed by atoms with Crippen LogP contribution in [0.15, 0.2) is 22.7 Å². The maximum absolute atomic E-state index is 11.4. The molecule has 1 aromatic rings. The molecule has 1 N–H and O–H groups in total. The minimum atomic E-state index is -0.453. The van der Waals surface area contributed by atoms with E-state index >= 15 is 0 Å². The highest BCUT2D eigenvalue weighted by molar-refractivity contribution is 9.10. The van der Waals surface area contributed by atoms with Crippen LogP contribution in [0.4, 0.5) is 4.79 Å². The number of rotatable bonds is 6. The molecule has 4 nitrogen and oxygen atoms in total. The van der Waals surface area contributed by atoms with E-state index in [-0.39, 0.29) is 6.09 Å². The van der Waals surface area contributed by atoms with E-state index < -0.39 is 5.60 Å². The monoisotopic (exact) mass is 357 g/mol. The van der Waals surface area contributed by atoms with E-state index in [9.17, 15) is 4.79 Å². The molecule has 0 saturated heterocycles. The lowest BCUT2D eigenvalue weighted by molar-refractivity contribution is 0.0526. The summed E-state index contributed by atoms with van der Waals surface area (Å²) in [5, 5.41) is 2.73. The molecule has 0 aliphatic rings. The van der Waals surface area contributed by atoms with Crippen LogP contribution in [0.25, 0.3) is 0 Å². The zero-order valence-corrected chi connectivity index (χ0v) is 14.7. The molecule has 0 unspecified atom stereocenters. The third kappa shape index (κ3) is 7.37. The van der Waals surface area contributed by atoms with Gasteiger partial charge in [0.15, 0.2) is 0 Å². The van der Waals surface area contributed by atoms with E-state index in [0.717, 1.165) is 28.6 Å². The van der Waals surface area contributed by atoms with Crippen molar-refractivity contribution in [2.75, 3.05) is 13.2 Å². The van der Waals surface area contributed by atoms with Gasteiger partial charge in [0.1, 0.15) is 11.4 Å². The van der Waals surface area contributed by atoms with Crippen molar-refractivity contribution in [3.05, 3.63) is 28.2 Å².